The highest BCUT2D eigenvalue weighted by Crippen LogP contribution is 2.16. The van der Waals surface area contributed by atoms with E-state index in [1.807, 2.05) is 10.9 Å². The lowest BCUT2D eigenvalue weighted by Crippen LogP contribution is -2.32. The normalized spacial score (nSPS) is 18.7. The molecule has 1 atom stereocenters. The molecule has 2 aromatic rings. The molecule has 0 aromatic carbocycles. The predicted octanol–water partition coefficient (Wildman–Crippen LogP) is 1.45. The number of hydrogen-bond acceptors (Lipinski definition) is 4. The van der Waals surface area contributed by atoms with E-state index >= 15 is 0 Å². The van der Waals surface area contributed by atoms with Crippen molar-refractivity contribution in [1.29, 1.82) is 0 Å². The van der Waals surface area contributed by atoms with Gasteiger partial charge in [0.25, 0.3) is 5.91 Å². The highest BCUT2D eigenvalue weighted by Gasteiger charge is 2.17. The second-order valence-electron chi connectivity index (χ2n) is 4.88. The molecule has 0 bridgehead atoms. The van der Waals surface area contributed by atoms with Crippen molar-refractivity contribution in [2.45, 2.75) is 18.9 Å². The third-order valence-electron chi connectivity index (χ3n) is 3.41. The molecular weight excluding hydrogens is 254 g/mol. The number of carbonyl (C=O) groups is 1. The van der Waals surface area contributed by atoms with E-state index in [2.05, 4.69) is 20.7 Å². The summed E-state index contributed by atoms with van der Waals surface area (Å²) in [6, 6.07) is 5.67. The van der Waals surface area contributed by atoms with Gasteiger partial charge in [-0.05, 0) is 37.6 Å². The number of rotatable bonds is 3. The zero-order chi connectivity index (χ0) is 13.8. The van der Waals surface area contributed by atoms with Crippen LogP contribution in [-0.4, -0.2) is 33.8 Å². The number of piperidine rings is 1. The molecule has 1 saturated heterocycles. The standard InChI is InChI=1S/C14H17N5O/c20-14(17-11-3-1-6-15-9-11)13-5-8-19(18-13)12-4-2-7-16-10-12/h1,3,5-6,8-9,12,16H,2,4,7,10H2,(H,17,20). The summed E-state index contributed by atoms with van der Waals surface area (Å²) in [7, 11) is 0. The third kappa shape index (κ3) is 2.85. The highest BCUT2D eigenvalue weighted by atomic mass is 16.1. The maximum Gasteiger partial charge on any atom is 0.276 e. The molecule has 1 unspecified atom stereocenters. The van der Waals surface area contributed by atoms with Crippen molar-refractivity contribution < 1.29 is 4.79 Å². The lowest BCUT2D eigenvalue weighted by atomic mass is 10.1. The zero-order valence-corrected chi connectivity index (χ0v) is 11.1. The SMILES string of the molecule is O=C(Nc1cccnc1)c1ccn(C2CCCNC2)n1. The molecule has 3 heterocycles. The van der Waals surface area contributed by atoms with Gasteiger partial charge in [-0.3, -0.25) is 14.5 Å². The minimum Gasteiger partial charge on any atom is -0.319 e. The van der Waals surface area contributed by atoms with E-state index in [-0.39, 0.29) is 5.91 Å². The van der Waals surface area contributed by atoms with Crippen molar-refractivity contribution in [1.82, 2.24) is 20.1 Å². The summed E-state index contributed by atoms with van der Waals surface area (Å²) in [4.78, 5) is 16.0. The summed E-state index contributed by atoms with van der Waals surface area (Å²) in [5.74, 6) is -0.208. The van der Waals surface area contributed by atoms with Gasteiger partial charge < -0.3 is 10.6 Å². The Morgan fingerprint density at radius 2 is 2.40 bits per heavy atom. The van der Waals surface area contributed by atoms with E-state index in [4.69, 9.17) is 0 Å². The van der Waals surface area contributed by atoms with Crippen molar-refractivity contribution >= 4 is 11.6 Å². The lowest BCUT2D eigenvalue weighted by molar-refractivity contribution is 0.102. The number of aromatic nitrogens is 3. The summed E-state index contributed by atoms with van der Waals surface area (Å²) in [6.45, 7) is 1.97. The second-order valence-corrected chi connectivity index (χ2v) is 4.88. The van der Waals surface area contributed by atoms with Gasteiger partial charge in [0.15, 0.2) is 5.69 Å². The van der Waals surface area contributed by atoms with Crippen molar-refractivity contribution in [3.63, 3.8) is 0 Å². The number of nitrogens with one attached hydrogen (secondary N) is 2. The number of pyridine rings is 1. The molecule has 20 heavy (non-hydrogen) atoms. The first kappa shape index (κ1) is 12.8. The zero-order valence-electron chi connectivity index (χ0n) is 11.1. The molecule has 0 spiro atoms. The fourth-order valence-electron chi connectivity index (χ4n) is 2.35. The van der Waals surface area contributed by atoms with Gasteiger partial charge in [-0.1, -0.05) is 0 Å². The van der Waals surface area contributed by atoms with Crippen molar-refractivity contribution in [3.8, 4) is 0 Å². The van der Waals surface area contributed by atoms with E-state index in [0.29, 0.717) is 17.4 Å². The smallest absolute Gasteiger partial charge is 0.276 e. The monoisotopic (exact) mass is 271 g/mol. The van der Waals surface area contributed by atoms with Crippen LogP contribution in [0, 0.1) is 0 Å². The van der Waals surface area contributed by atoms with Crippen LogP contribution in [0.2, 0.25) is 0 Å². The van der Waals surface area contributed by atoms with Gasteiger partial charge in [0.1, 0.15) is 0 Å². The number of nitrogens with zero attached hydrogens (tertiary/aromatic N) is 3. The molecule has 3 rings (SSSR count). The Bertz CT molecular complexity index is 574. The minimum absolute atomic E-state index is 0.208. The van der Waals surface area contributed by atoms with E-state index in [1.54, 1.807) is 30.6 Å². The molecule has 1 aliphatic heterocycles. The predicted molar refractivity (Wildman–Crippen MR) is 75.6 cm³/mol. The van der Waals surface area contributed by atoms with Crippen LogP contribution >= 0.6 is 0 Å². The van der Waals surface area contributed by atoms with Crippen LogP contribution in [-0.2, 0) is 0 Å². The Hall–Kier alpha value is -2.21. The van der Waals surface area contributed by atoms with Crippen LogP contribution in [0.3, 0.4) is 0 Å². The van der Waals surface area contributed by atoms with Crippen LogP contribution in [0.15, 0.2) is 36.8 Å². The first-order valence-electron chi connectivity index (χ1n) is 6.80. The number of carbonyl (C=O) groups excluding carboxylic acids is 1. The average molecular weight is 271 g/mol. The van der Waals surface area contributed by atoms with Crippen molar-refractivity contribution in [2.24, 2.45) is 0 Å². The van der Waals surface area contributed by atoms with Crippen LogP contribution < -0.4 is 10.6 Å². The summed E-state index contributed by atoms with van der Waals surface area (Å²) in [6.07, 6.45) is 7.39. The Balaban J connectivity index is 1.68. The molecule has 6 nitrogen and oxygen atoms in total. The Labute approximate surface area is 117 Å². The summed E-state index contributed by atoms with van der Waals surface area (Å²) in [5.41, 5.74) is 1.10. The lowest BCUT2D eigenvalue weighted by Gasteiger charge is -2.22. The van der Waals surface area contributed by atoms with E-state index in [9.17, 15) is 4.79 Å². The molecule has 6 heteroatoms. The molecule has 0 radical (unpaired) electrons. The molecule has 2 aromatic heterocycles. The first-order valence-corrected chi connectivity index (χ1v) is 6.80. The number of amides is 1. The highest BCUT2D eigenvalue weighted by molar-refractivity contribution is 6.02. The molecule has 104 valence electrons. The minimum atomic E-state index is -0.208. The van der Waals surface area contributed by atoms with Gasteiger partial charge in [-0.25, -0.2) is 0 Å². The van der Waals surface area contributed by atoms with Crippen molar-refractivity contribution in [2.75, 3.05) is 18.4 Å². The molecule has 0 aliphatic carbocycles. The average Bonchev–Trinajstić information content (AvgIpc) is 2.99. The summed E-state index contributed by atoms with van der Waals surface area (Å²) >= 11 is 0. The molecule has 2 N–H and O–H groups in total. The maximum atomic E-state index is 12.1. The fourth-order valence-corrected chi connectivity index (χ4v) is 2.35. The van der Waals surface area contributed by atoms with Crippen LogP contribution in [0.1, 0.15) is 29.4 Å². The molecular formula is C14H17N5O. The first-order chi connectivity index (χ1) is 9.83. The van der Waals surface area contributed by atoms with Gasteiger partial charge in [0.2, 0.25) is 0 Å². The topological polar surface area (TPSA) is 71.8 Å². The Morgan fingerprint density at radius 3 is 3.15 bits per heavy atom. The fraction of sp³-hybridized carbons (Fsp3) is 0.357. The Morgan fingerprint density at radius 1 is 1.45 bits per heavy atom. The molecule has 1 fully saturated rings. The largest absolute Gasteiger partial charge is 0.319 e. The van der Waals surface area contributed by atoms with Crippen LogP contribution in [0.4, 0.5) is 5.69 Å². The van der Waals surface area contributed by atoms with Crippen molar-refractivity contribution in [3.05, 3.63) is 42.5 Å². The van der Waals surface area contributed by atoms with Crippen LogP contribution in [0.25, 0.3) is 0 Å². The number of hydrogen-bond donors (Lipinski definition) is 2. The quantitative estimate of drug-likeness (QED) is 0.886. The maximum absolute atomic E-state index is 12.1. The van der Waals surface area contributed by atoms with Gasteiger partial charge in [-0.15, -0.1) is 0 Å². The Kier molecular flexibility index (Phi) is 3.73. The van der Waals surface area contributed by atoms with Gasteiger partial charge >= 0.3 is 0 Å². The number of anilines is 1. The van der Waals surface area contributed by atoms with Gasteiger partial charge in [-0.2, -0.15) is 5.10 Å². The third-order valence-corrected chi connectivity index (χ3v) is 3.41. The second kappa shape index (κ2) is 5.83. The molecule has 1 aliphatic rings. The van der Waals surface area contributed by atoms with Gasteiger partial charge in [0, 0.05) is 18.9 Å². The summed E-state index contributed by atoms with van der Waals surface area (Å²) < 4.78 is 1.88. The summed E-state index contributed by atoms with van der Waals surface area (Å²) in [5, 5.41) is 10.5. The molecule has 1 amide bonds. The van der Waals surface area contributed by atoms with Crippen LogP contribution in [0.5, 0.6) is 0 Å². The van der Waals surface area contributed by atoms with E-state index < -0.39 is 0 Å². The molecule has 0 saturated carbocycles. The van der Waals surface area contributed by atoms with E-state index in [1.165, 1.54) is 0 Å². The van der Waals surface area contributed by atoms with Gasteiger partial charge in [0.05, 0.1) is 17.9 Å². The van der Waals surface area contributed by atoms with E-state index in [0.717, 1.165) is 25.9 Å².